The molecule has 0 aliphatic heterocycles. The second-order valence-electron chi connectivity index (χ2n) is 3.61. The Morgan fingerprint density at radius 3 is 2.75 bits per heavy atom. The van der Waals surface area contributed by atoms with Crippen LogP contribution in [0.4, 0.5) is 5.82 Å². The molecule has 0 atom stereocenters. The largest absolute Gasteiger partial charge is 0.368 e. The summed E-state index contributed by atoms with van der Waals surface area (Å²) >= 11 is 0. The van der Waals surface area contributed by atoms with Crippen molar-refractivity contribution in [3.8, 4) is 0 Å². The molecule has 2 rings (SSSR count). The number of nitrogens with one attached hydrogen (secondary N) is 1. The summed E-state index contributed by atoms with van der Waals surface area (Å²) in [7, 11) is 1.95. The van der Waals surface area contributed by atoms with Crippen LogP contribution in [0.5, 0.6) is 0 Å². The van der Waals surface area contributed by atoms with E-state index in [4.69, 9.17) is 0 Å². The van der Waals surface area contributed by atoms with E-state index >= 15 is 0 Å². The number of hydrogen-bond donors (Lipinski definition) is 1. The van der Waals surface area contributed by atoms with Crippen molar-refractivity contribution in [3.05, 3.63) is 36.0 Å². The Kier molecular flexibility index (Phi) is 3.14. The first-order valence-electron chi connectivity index (χ1n) is 5.26. The molecule has 2 aromatic rings. The average Bonchev–Trinajstić information content (AvgIpc) is 2.67. The van der Waals surface area contributed by atoms with Crippen LogP contribution in [0.2, 0.25) is 0 Å². The zero-order chi connectivity index (χ0) is 11.4. The van der Waals surface area contributed by atoms with E-state index in [9.17, 15) is 0 Å². The van der Waals surface area contributed by atoms with E-state index in [1.54, 1.807) is 12.4 Å². The molecule has 0 bridgehead atoms. The van der Waals surface area contributed by atoms with Gasteiger partial charge in [0.15, 0.2) is 0 Å². The van der Waals surface area contributed by atoms with Gasteiger partial charge in [0, 0.05) is 44.3 Å². The molecule has 2 heterocycles. The van der Waals surface area contributed by atoms with Crippen LogP contribution in [0.15, 0.2) is 24.7 Å². The van der Waals surface area contributed by atoms with E-state index in [-0.39, 0.29) is 0 Å². The predicted octanol–water partition coefficient (Wildman–Crippen LogP) is 1.17. The minimum atomic E-state index is 0.832. The average molecular weight is 217 g/mol. The molecule has 0 aliphatic rings. The molecule has 0 radical (unpaired) electrons. The quantitative estimate of drug-likeness (QED) is 0.835. The van der Waals surface area contributed by atoms with Gasteiger partial charge in [0.2, 0.25) is 0 Å². The number of aryl methyl sites for hydroxylation is 2. The van der Waals surface area contributed by atoms with Gasteiger partial charge in [-0.3, -0.25) is 9.67 Å². The summed E-state index contributed by atoms with van der Waals surface area (Å²) in [6, 6.07) is 2.02. The minimum Gasteiger partial charge on any atom is -0.368 e. The Bertz CT molecular complexity index is 463. The molecule has 5 nitrogen and oxygen atoms in total. The monoisotopic (exact) mass is 217 g/mol. The third kappa shape index (κ3) is 2.36. The maximum atomic E-state index is 4.22. The lowest BCUT2D eigenvalue weighted by Crippen LogP contribution is -2.10. The molecule has 0 saturated heterocycles. The molecule has 0 fully saturated rings. The Hall–Kier alpha value is -1.91. The molecular weight excluding hydrogens is 202 g/mol. The summed E-state index contributed by atoms with van der Waals surface area (Å²) in [6.45, 7) is 2.78. The summed E-state index contributed by atoms with van der Waals surface area (Å²) in [6.07, 6.45) is 6.12. The molecule has 16 heavy (non-hydrogen) atoms. The smallest absolute Gasteiger partial charge is 0.147 e. The summed E-state index contributed by atoms with van der Waals surface area (Å²) in [4.78, 5) is 8.39. The van der Waals surface area contributed by atoms with Crippen LogP contribution in [0, 0.1) is 6.92 Å². The van der Waals surface area contributed by atoms with Gasteiger partial charge < -0.3 is 5.32 Å². The molecule has 0 amide bonds. The summed E-state index contributed by atoms with van der Waals surface area (Å²) < 4.78 is 1.88. The molecule has 0 spiro atoms. The highest BCUT2D eigenvalue weighted by Gasteiger charge is 2.00. The molecule has 1 N–H and O–H groups in total. The van der Waals surface area contributed by atoms with E-state index in [1.807, 2.05) is 30.9 Å². The van der Waals surface area contributed by atoms with Crippen molar-refractivity contribution in [2.45, 2.75) is 13.3 Å². The van der Waals surface area contributed by atoms with Gasteiger partial charge in [0.25, 0.3) is 0 Å². The van der Waals surface area contributed by atoms with Gasteiger partial charge in [0.05, 0.1) is 5.69 Å². The Labute approximate surface area is 94.5 Å². The van der Waals surface area contributed by atoms with Gasteiger partial charge in [0.1, 0.15) is 5.82 Å². The third-order valence-corrected chi connectivity index (χ3v) is 2.48. The second-order valence-corrected chi connectivity index (χ2v) is 3.61. The second kappa shape index (κ2) is 4.74. The SMILES string of the molecule is Cc1nccnc1NCCc1ccnn1C. The number of aromatic nitrogens is 4. The van der Waals surface area contributed by atoms with E-state index in [2.05, 4.69) is 20.4 Å². The molecule has 0 aromatic carbocycles. The summed E-state index contributed by atoms with van der Waals surface area (Å²) in [5.74, 6) is 0.852. The number of rotatable bonds is 4. The van der Waals surface area contributed by atoms with Gasteiger partial charge in [-0.05, 0) is 13.0 Å². The Morgan fingerprint density at radius 1 is 1.25 bits per heavy atom. The van der Waals surface area contributed by atoms with Crippen LogP contribution in [0.3, 0.4) is 0 Å². The van der Waals surface area contributed by atoms with Crippen molar-refractivity contribution in [2.24, 2.45) is 7.05 Å². The first-order valence-corrected chi connectivity index (χ1v) is 5.26. The van der Waals surface area contributed by atoms with Crippen LogP contribution >= 0.6 is 0 Å². The third-order valence-electron chi connectivity index (χ3n) is 2.48. The summed E-state index contributed by atoms with van der Waals surface area (Å²) in [5.41, 5.74) is 2.13. The number of anilines is 1. The minimum absolute atomic E-state index is 0.832. The van der Waals surface area contributed by atoms with Crippen LogP contribution in [0.1, 0.15) is 11.4 Å². The molecular formula is C11H15N5. The lowest BCUT2D eigenvalue weighted by Gasteiger charge is -2.07. The van der Waals surface area contributed by atoms with Crippen molar-refractivity contribution in [1.82, 2.24) is 19.7 Å². The first-order chi connectivity index (χ1) is 7.77. The lowest BCUT2D eigenvalue weighted by molar-refractivity contribution is 0.710. The zero-order valence-corrected chi connectivity index (χ0v) is 9.51. The standard InChI is InChI=1S/C11H15N5/c1-9-11(14-8-7-12-9)13-5-3-10-4-6-15-16(10)2/h4,6-8H,3,5H2,1-2H3,(H,13,14). The van der Waals surface area contributed by atoms with Crippen LogP contribution in [0.25, 0.3) is 0 Å². The molecule has 0 unspecified atom stereocenters. The van der Waals surface area contributed by atoms with Crippen molar-refractivity contribution in [3.63, 3.8) is 0 Å². The maximum absolute atomic E-state index is 4.22. The van der Waals surface area contributed by atoms with Crippen LogP contribution < -0.4 is 5.32 Å². The fourth-order valence-corrected chi connectivity index (χ4v) is 1.54. The molecule has 5 heteroatoms. The van der Waals surface area contributed by atoms with Crippen molar-refractivity contribution >= 4 is 5.82 Å². The number of hydrogen-bond acceptors (Lipinski definition) is 4. The molecule has 0 aliphatic carbocycles. The van der Waals surface area contributed by atoms with Gasteiger partial charge in [-0.1, -0.05) is 0 Å². The van der Waals surface area contributed by atoms with Gasteiger partial charge >= 0.3 is 0 Å². The lowest BCUT2D eigenvalue weighted by atomic mass is 10.3. The topological polar surface area (TPSA) is 55.6 Å². The highest BCUT2D eigenvalue weighted by Crippen LogP contribution is 2.06. The fraction of sp³-hybridized carbons (Fsp3) is 0.364. The maximum Gasteiger partial charge on any atom is 0.147 e. The Morgan fingerprint density at radius 2 is 2.06 bits per heavy atom. The van der Waals surface area contributed by atoms with Crippen molar-refractivity contribution < 1.29 is 0 Å². The van der Waals surface area contributed by atoms with Gasteiger partial charge in [-0.2, -0.15) is 5.10 Å². The molecule has 84 valence electrons. The van der Waals surface area contributed by atoms with E-state index in [0.29, 0.717) is 0 Å². The zero-order valence-electron chi connectivity index (χ0n) is 9.51. The fourth-order valence-electron chi connectivity index (χ4n) is 1.54. The Balaban J connectivity index is 1.89. The highest BCUT2D eigenvalue weighted by molar-refractivity contribution is 5.38. The van der Waals surface area contributed by atoms with Crippen molar-refractivity contribution in [2.75, 3.05) is 11.9 Å². The summed E-state index contributed by atoms with van der Waals surface area (Å²) in [5, 5.41) is 7.38. The van der Waals surface area contributed by atoms with Crippen LogP contribution in [-0.4, -0.2) is 26.3 Å². The van der Waals surface area contributed by atoms with E-state index in [0.717, 1.165) is 24.5 Å². The van der Waals surface area contributed by atoms with Crippen molar-refractivity contribution in [1.29, 1.82) is 0 Å². The van der Waals surface area contributed by atoms with Gasteiger partial charge in [-0.15, -0.1) is 0 Å². The first kappa shape index (κ1) is 10.6. The normalized spacial score (nSPS) is 10.4. The van der Waals surface area contributed by atoms with E-state index in [1.165, 1.54) is 5.69 Å². The van der Waals surface area contributed by atoms with E-state index < -0.39 is 0 Å². The predicted molar refractivity (Wildman–Crippen MR) is 62.2 cm³/mol. The number of nitrogens with zero attached hydrogens (tertiary/aromatic N) is 4. The van der Waals surface area contributed by atoms with Gasteiger partial charge in [-0.25, -0.2) is 4.98 Å². The molecule has 2 aromatic heterocycles. The highest BCUT2D eigenvalue weighted by atomic mass is 15.3. The van der Waals surface area contributed by atoms with Crippen LogP contribution in [-0.2, 0) is 13.5 Å². The molecule has 0 saturated carbocycles.